The summed E-state index contributed by atoms with van der Waals surface area (Å²) in [5.74, 6) is -1.32. The third-order valence-corrected chi connectivity index (χ3v) is 5.07. The number of likely N-dealkylation sites (tertiary alicyclic amines) is 1. The maximum absolute atomic E-state index is 13.2. The number of nitrogens with zero attached hydrogens (tertiary/aromatic N) is 3. The second-order valence-corrected chi connectivity index (χ2v) is 7.12. The van der Waals surface area contributed by atoms with E-state index in [1.807, 2.05) is 0 Å². The van der Waals surface area contributed by atoms with Gasteiger partial charge in [-0.05, 0) is 32.4 Å². The van der Waals surface area contributed by atoms with Crippen molar-refractivity contribution in [1.29, 1.82) is 0 Å². The predicted octanol–water partition coefficient (Wildman–Crippen LogP) is 4.72. The van der Waals surface area contributed by atoms with Crippen molar-refractivity contribution in [1.82, 2.24) is 14.7 Å². The SMILES string of the molecule is CC1(C)[C@H](C(F)(F)F)CCN1C(=O)Nc1ccn(-c2ccccc2Cl)n1. The molecular formula is C17H18ClF3N4O. The minimum atomic E-state index is -4.34. The molecule has 140 valence electrons. The molecule has 1 aliphatic heterocycles. The number of rotatable bonds is 2. The summed E-state index contributed by atoms with van der Waals surface area (Å²) in [4.78, 5) is 13.7. The number of hydrogen-bond donors (Lipinski definition) is 1. The molecule has 1 N–H and O–H groups in total. The Morgan fingerprint density at radius 3 is 2.62 bits per heavy atom. The summed E-state index contributed by atoms with van der Waals surface area (Å²) in [5.41, 5.74) is -0.693. The van der Waals surface area contributed by atoms with Crippen LogP contribution in [0.2, 0.25) is 5.02 Å². The molecule has 1 saturated heterocycles. The second-order valence-electron chi connectivity index (χ2n) is 6.72. The van der Waals surface area contributed by atoms with E-state index < -0.39 is 23.7 Å². The van der Waals surface area contributed by atoms with Gasteiger partial charge in [0, 0.05) is 18.8 Å². The number of para-hydroxylation sites is 1. The third kappa shape index (κ3) is 3.38. The number of aromatic nitrogens is 2. The molecule has 9 heteroatoms. The van der Waals surface area contributed by atoms with Crippen LogP contribution in [0.15, 0.2) is 36.5 Å². The fourth-order valence-electron chi connectivity index (χ4n) is 3.35. The van der Waals surface area contributed by atoms with Crippen molar-refractivity contribution in [3.05, 3.63) is 41.6 Å². The fourth-order valence-corrected chi connectivity index (χ4v) is 3.58. The lowest BCUT2D eigenvalue weighted by atomic mass is 9.88. The summed E-state index contributed by atoms with van der Waals surface area (Å²) >= 11 is 6.11. The van der Waals surface area contributed by atoms with E-state index in [1.54, 1.807) is 36.5 Å². The number of nitrogens with one attached hydrogen (secondary N) is 1. The van der Waals surface area contributed by atoms with Crippen molar-refractivity contribution in [2.45, 2.75) is 32.0 Å². The average molecular weight is 387 g/mol. The first-order valence-electron chi connectivity index (χ1n) is 8.06. The monoisotopic (exact) mass is 386 g/mol. The van der Waals surface area contributed by atoms with Gasteiger partial charge in [0.05, 0.1) is 22.2 Å². The van der Waals surface area contributed by atoms with Crippen molar-refractivity contribution in [2.24, 2.45) is 5.92 Å². The van der Waals surface area contributed by atoms with Gasteiger partial charge in [-0.3, -0.25) is 5.32 Å². The molecule has 2 aromatic rings. The first kappa shape index (κ1) is 18.6. The van der Waals surface area contributed by atoms with Crippen LogP contribution < -0.4 is 5.32 Å². The number of urea groups is 1. The molecule has 1 aliphatic rings. The van der Waals surface area contributed by atoms with Crippen LogP contribution >= 0.6 is 11.6 Å². The van der Waals surface area contributed by atoms with Crippen molar-refractivity contribution >= 4 is 23.4 Å². The molecule has 5 nitrogen and oxygen atoms in total. The molecule has 2 heterocycles. The Labute approximate surface area is 153 Å². The lowest BCUT2D eigenvalue weighted by Gasteiger charge is -2.36. The molecule has 0 spiro atoms. The summed E-state index contributed by atoms with van der Waals surface area (Å²) in [6.07, 6.45) is -2.84. The first-order chi connectivity index (χ1) is 12.1. The van der Waals surface area contributed by atoms with Gasteiger partial charge in [0.15, 0.2) is 5.82 Å². The van der Waals surface area contributed by atoms with Gasteiger partial charge in [0.1, 0.15) is 0 Å². The minimum absolute atomic E-state index is 0.0359. The predicted molar refractivity (Wildman–Crippen MR) is 92.5 cm³/mol. The van der Waals surface area contributed by atoms with E-state index in [-0.39, 0.29) is 18.8 Å². The van der Waals surface area contributed by atoms with Gasteiger partial charge in [-0.2, -0.15) is 13.2 Å². The van der Waals surface area contributed by atoms with Gasteiger partial charge in [-0.25, -0.2) is 9.48 Å². The van der Waals surface area contributed by atoms with Crippen LogP contribution in [0.5, 0.6) is 0 Å². The number of benzene rings is 1. The van der Waals surface area contributed by atoms with Crippen molar-refractivity contribution < 1.29 is 18.0 Å². The molecular weight excluding hydrogens is 369 g/mol. The molecule has 1 atom stereocenters. The van der Waals surface area contributed by atoms with Gasteiger partial charge in [-0.1, -0.05) is 23.7 Å². The number of hydrogen-bond acceptors (Lipinski definition) is 2. The molecule has 0 saturated carbocycles. The molecule has 26 heavy (non-hydrogen) atoms. The Morgan fingerprint density at radius 1 is 1.31 bits per heavy atom. The largest absolute Gasteiger partial charge is 0.394 e. The molecule has 0 unspecified atom stereocenters. The summed E-state index contributed by atoms with van der Waals surface area (Å²) in [6, 6.07) is 8.01. The highest BCUT2D eigenvalue weighted by atomic mass is 35.5. The van der Waals surface area contributed by atoms with Crippen molar-refractivity contribution in [3.63, 3.8) is 0 Å². The molecule has 1 fully saturated rings. The number of carbonyl (C=O) groups excluding carboxylic acids is 1. The highest BCUT2D eigenvalue weighted by Crippen LogP contribution is 2.44. The average Bonchev–Trinajstić information content (AvgIpc) is 3.10. The standard InChI is InChI=1S/C17H18ClF3N4O/c1-16(2)13(17(19,20)21)7-9-24(16)15(26)22-14-8-10-25(23-14)12-6-4-3-5-11(12)18/h3-6,8,10,13H,7,9H2,1-2H3,(H,22,23,26)/t13-/m1/s1. The van der Waals surface area contributed by atoms with E-state index in [4.69, 9.17) is 11.6 Å². The van der Waals surface area contributed by atoms with E-state index >= 15 is 0 Å². The maximum atomic E-state index is 13.2. The van der Waals surface area contributed by atoms with Crippen LogP contribution in [0.25, 0.3) is 5.69 Å². The zero-order valence-corrected chi connectivity index (χ0v) is 15.0. The van der Waals surface area contributed by atoms with E-state index in [2.05, 4.69) is 10.4 Å². The number of alkyl halides is 3. The molecule has 1 aromatic heterocycles. The molecule has 2 amide bonds. The number of amides is 2. The lowest BCUT2D eigenvalue weighted by Crippen LogP contribution is -2.51. The molecule has 0 radical (unpaired) electrons. The summed E-state index contributed by atoms with van der Waals surface area (Å²) in [6.45, 7) is 2.90. The summed E-state index contributed by atoms with van der Waals surface area (Å²) in [5, 5.41) is 7.27. The highest BCUT2D eigenvalue weighted by molar-refractivity contribution is 6.32. The van der Waals surface area contributed by atoms with E-state index in [9.17, 15) is 18.0 Å². The highest BCUT2D eigenvalue weighted by Gasteiger charge is 2.56. The Kier molecular flexibility index (Phi) is 4.64. The van der Waals surface area contributed by atoms with Crippen LogP contribution in [-0.2, 0) is 0 Å². The topological polar surface area (TPSA) is 50.2 Å². The second kappa shape index (κ2) is 6.50. The van der Waals surface area contributed by atoms with Crippen LogP contribution in [0.3, 0.4) is 0 Å². The quantitative estimate of drug-likeness (QED) is 0.811. The van der Waals surface area contributed by atoms with Gasteiger partial charge in [-0.15, -0.1) is 5.10 Å². The van der Waals surface area contributed by atoms with Crippen LogP contribution in [0.4, 0.5) is 23.8 Å². The van der Waals surface area contributed by atoms with E-state index in [0.29, 0.717) is 10.7 Å². The number of halogens is 4. The van der Waals surface area contributed by atoms with Crippen LogP contribution in [-0.4, -0.2) is 39.0 Å². The van der Waals surface area contributed by atoms with Crippen molar-refractivity contribution in [3.8, 4) is 5.69 Å². The molecule has 0 bridgehead atoms. The summed E-state index contributed by atoms with van der Waals surface area (Å²) < 4.78 is 41.0. The van der Waals surface area contributed by atoms with Gasteiger partial charge in [0.25, 0.3) is 0 Å². The van der Waals surface area contributed by atoms with Gasteiger partial charge >= 0.3 is 12.2 Å². The van der Waals surface area contributed by atoms with E-state index in [0.717, 1.165) is 0 Å². The normalized spacial score (nSPS) is 19.6. The Hall–Kier alpha value is -2.22. The van der Waals surface area contributed by atoms with Gasteiger partial charge < -0.3 is 4.90 Å². The van der Waals surface area contributed by atoms with Gasteiger partial charge in [0.2, 0.25) is 0 Å². The molecule has 1 aromatic carbocycles. The third-order valence-electron chi connectivity index (χ3n) is 4.75. The Balaban J connectivity index is 1.75. The summed E-state index contributed by atoms with van der Waals surface area (Å²) in [7, 11) is 0. The number of carbonyl (C=O) groups is 1. The zero-order valence-electron chi connectivity index (χ0n) is 14.2. The zero-order chi connectivity index (χ0) is 19.1. The lowest BCUT2D eigenvalue weighted by molar-refractivity contribution is -0.189. The van der Waals surface area contributed by atoms with Crippen molar-refractivity contribution in [2.75, 3.05) is 11.9 Å². The molecule has 3 rings (SSSR count). The van der Waals surface area contributed by atoms with Crippen LogP contribution in [0, 0.1) is 5.92 Å². The van der Waals surface area contributed by atoms with Crippen LogP contribution in [0.1, 0.15) is 20.3 Å². The fraction of sp³-hybridized carbons (Fsp3) is 0.412. The minimum Gasteiger partial charge on any atom is -0.319 e. The Morgan fingerprint density at radius 2 is 2.00 bits per heavy atom. The maximum Gasteiger partial charge on any atom is 0.394 e. The Bertz CT molecular complexity index is 818. The molecule has 0 aliphatic carbocycles. The van der Waals surface area contributed by atoms with E-state index in [1.165, 1.54) is 23.4 Å². The smallest absolute Gasteiger partial charge is 0.319 e. The number of anilines is 1. The first-order valence-corrected chi connectivity index (χ1v) is 8.44.